The Morgan fingerprint density at radius 1 is 1.43 bits per heavy atom. The van der Waals surface area contributed by atoms with Gasteiger partial charge in [-0.2, -0.15) is 5.26 Å². The zero-order valence-corrected chi connectivity index (χ0v) is 7.85. The normalized spacial score (nSPS) is 12.2. The van der Waals surface area contributed by atoms with Gasteiger partial charge in [-0.05, 0) is 17.7 Å². The summed E-state index contributed by atoms with van der Waals surface area (Å²) in [7, 11) is 0. The van der Waals surface area contributed by atoms with Gasteiger partial charge in [-0.1, -0.05) is 11.6 Å². The van der Waals surface area contributed by atoms with Gasteiger partial charge in [0, 0.05) is 11.1 Å². The molecule has 5 heteroatoms. The molecule has 1 atom stereocenters. The predicted molar refractivity (Wildman–Crippen MR) is 48.5 cm³/mol. The topological polar surface area (TPSA) is 49.8 Å². The summed E-state index contributed by atoms with van der Waals surface area (Å²) in [6.07, 6.45) is 0.00475. The molecule has 0 radical (unpaired) electrons. The Morgan fingerprint density at radius 3 is 2.57 bits per heavy atom. The first kappa shape index (κ1) is 10.9. The summed E-state index contributed by atoms with van der Waals surface area (Å²) >= 11 is 5.64. The minimum absolute atomic E-state index is 0.00475. The zero-order valence-electron chi connectivity index (χ0n) is 7.10. The fraction of sp³-hybridized carbons (Fsp3) is 0.222. The van der Waals surface area contributed by atoms with Crippen LogP contribution in [0.25, 0.3) is 0 Å². The molecule has 0 aliphatic heterocycles. The van der Waals surface area contributed by atoms with Gasteiger partial charge in [0.2, 0.25) is 0 Å². The highest BCUT2D eigenvalue weighted by molar-refractivity contribution is 6.31. The first-order chi connectivity index (χ1) is 6.56. The molecule has 2 nitrogen and oxygen atoms in total. The molecule has 2 N–H and O–H groups in total. The van der Waals surface area contributed by atoms with Crippen molar-refractivity contribution in [3.05, 3.63) is 34.4 Å². The van der Waals surface area contributed by atoms with Crippen molar-refractivity contribution in [1.29, 1.82) is 5.26 Å². The SMILES string of the molecule is N#CC[C@H](N)c1cc(F)c(F)cc1Cl. The van der Waals surface area contributed by atoms with Crippen molar-refractivity contribution in [2.75, 3.05) is 0 Å². The van der Waals surface area contributed by atoms with Crippen molar-refractivity contribution < 1.29 is 8.78 Å². The molecule has 14 heavy (non-hydrogen) atoms. The fourth-order valence-corrected chi connectivity index (χ4v) is 1.32. The molecule has 0 aliphatic rings. The Morgan fingerprint density at radius 2 is 2.00 bits per heavy atom. The van der Waals surface area contributed by atoms with Crippen molar-refractivity contribution in [1.82, 2.24) is 0 Å². The molecule has 0 saturated carbocycles. The number of halogens is 3. The van der Waals surface area contributed by atoms with Crippen LogP contribution in [-0.4, -0.2) is 0 Å². The first-order valence-corrected chi connectivity index (χ1v) is 4.21. The number of nitriles is 1. The highest BCUT2D eigenvalue weighted by Crippen LogP contribution is 2.25. The molecular weight excluding hydrogens is 210 g/mol. The van der Waals surface area contributed by atoms with Crippen LogP contribution in [0.5, 0.6) is 0 Å². The van der Waals surface area contributed by atoms with Gasteiger partial charge in [0.05, 0.1) is 12.5 Å². The van der Waals surface area contributed by atoms with E-state index in [1.807, 2.05) is 6.07 Å². The largest absolute Gasteiger partial charge is 0.323 e. The average molecular weight is 217 g/mol. The Hall–Kier alpha value is -1.18. The molecule has 1 rings (SSSR count). The Balaban J connectivity index is 3.10. The lowest BCUT2D eigenvalue weighted by Gasteiger charge is -2.10. The van der Waals surface area contributed by atoms with E-state index in [1.165, 1.54) is 0 Å². The van der Waals surface area contributed by atoms with Crippen molar-refractivity contribution >= 4 is 11.6 Å². The summed E-state index contributed by atoms with van der Waals surface area (Å²) in [6, 6.07) is 2.90. The monoisotopic (exact) mass is 216 g/mol. The molecule has 0 bridgehead atoms. The number of benzene rings is 1. The summed E-state index contributed by atoms with van der Waals surface area (Å²) < 4.78 is 25.4. The summed E-state index contributed by atoms with van der Waals surface area (Å²) in [4.78, 5) is 0. The van der Waals surface area contributed by atoms with Crippen LogP contribution in [0.15, 0.2) is 12.1 Å². The Bertz CT molecular complexity index is 387. The molecule has 0 heterocycles. The summed E-state index contributed by atoms with van der Waals surface area (Å²) in [6.45, 7) is 0. The lowest BCUT2D eigenvalue weighted by Crippen LogP contribution is -2.10. The molecule has 0 saturated heterocycles. The van der Waals surface area contributed by atoms with E-state index in [0.717, 1.165) is 12.1 Å². The van der Waals surface area contributed by atoms with E-state index in [2.05, 4.69) is 0 Å². The van der Waals surface area contributed by atoms with Gasteiger partial charge in [0.1, 0.15) is 0 Å². The molecule has 0 amide bonds. The number of hydrogen-bond acceptors (Lipinski definition) is 2. The molecule has 0 aromatic heterocycles. The van der Waals surface area contributed by atoms with Crippen molar-refractivity contribution in [2.24, 2.45) is 5.73 Å². The minimum atomic E-state index is -1.03. The Kier molecular flexibility index (Phi) is 3.39. The lowest BCUT2D eigenvalue weighted by molar-refractivity contribution is 0.505. The number of hydrogen-bond donors (Lipinski definition) is 1. The number of rotatable bonds is 2. The van der Waals surface area contributed by atoms with Crippen molar-refractivity contribution in [3.63, 3.8) is 0 Å². The van der Waals surface area contributed by atoms with Gasteiger partial charge < -0.3 is 5.73 Å². The molecule has 0 fully saturated rings. The van der Waals surface area contributed by atoms with Crippen LogP contribution in [0, 0.1) is 23.0 Å². The van der Waals surface area contributed by atoms with Crippen LogP contribution in [0.3, 0.4) is 0 Å². The van der Waals surface area contributed by atoms with Gasteiger partial charge >= 0.3 is 0 Å². The fourth-order valence-electron chi connectivity index (χ4n) is 1.03. The standard InChI is InChI=1S/C9H7ClF2N2/c10-6-4-8(12)7(11)3-5(6)9(14)1-2-13/h3-4,9H,1,14H2/t9-/m0/s1. The van der Waals surface area contributed by atoms with E-state index in [9.17, 15) is 8.78 Å². The zero-order chi connectivity index (χ0) is 10.7. The predicted octanol–water partition coefficient (Wildman–Crippen LogP) is 2.53. The number of nitrogens with zero attached hydrogens (tertiary/aromatic N) is 1. The van der Waals surface area contributed by atoms with Gasteiger partial charge in [0.25, 0.3) is 0 Å². The highest BCUT2D eigenvalue weighted by Gasteiger charge is 2.13. The highest BCUT2D eigenvalue weighted by atomic mass is 35.5. The number of nitrogens with two attached hydrogens (primary N) is 1. The minimum Gasteiger partial charge on any atom is -0.323 e. The quantitative estimate of drug-likeness (QED) is 0.773. The van der Waals surface area contributed by atoms with Crippen LogP contribution in [0.2, 0.25) is 5.02 Å². The van der Waals surface area contributed by atoms with Crippen LogP contribution >= 0.6 is 11.6 Å². The third-order valence-corrected chi connectivity index (χ3v) is 2.08. The molecular formula is C9H7ClF2N2. The van der Waals surface area contributed by atoms with Gasteiger partial charge in [-0.25, -0.2) is 8.78 Å². The smallest absolute Gasteiger partial charge is 0.160 e. The van der Waals surface area contributed by atoms with Crippen molar-refractivity contribution in [3.8, 4) is 6.07 Å². The molecule has 1 aromatic rings. The summed E-state index contributed by atoms with van der Waals surface area (Å²) in [5.41, 5.74) is 5.77. The lowest BCUT2D eigenvalue weighted by atomic mass is 10.1. The Labute approximate surface area is 84.9 Å². The van der Waals surface area contributed by atoms with Gasteiger partial charge in [-0.15, -0.1) is 0 Å². The summed E-state index contributed by atoms with van der Waals surface area (Å²) in [5, 5.41) is 8.41. The van der Waals surface area contributed by atoms with Crippen molar-refractivity contribution in [2.45, 2.75) is 12.5 Å². The summed E-state index contributed by atoms with van der Waals surface area (Å²) in [5.74, 6) is -2.04. The maximum absolute atomic E-state index is 12.8. The van der Waals surface area contributed by atoms with E-state index in [-0.39, 0.29) is 17.0 Å². The third-order valence-electron chi connectivity index (χ3n) is 1.75. The van der Waals surface area contributed by atoms with Crippen LogP contribution in [-0.2, 0) is 0 Å². The second kappa shape index (κ2) is 4.36. The van der Waals surface area contributed by atoms with E-state index < -0.39 is 17.7 Å². The van der Waals surface area contributed by atoms with E-state index in [1.54, 1.807) is 0 Å². The maximum atomic E-state index is 12.8. The van der Waals surface area contributed by atoms with E-state index >= 15 is 0 Å². The van der Waals surface area contributed by atoms with Gasteiger partial charge in [0.15, 0.2) is 11.6 Å². The van der Waals surface area contributed by atoms with Gasteiger partial charge in [-0.3, -0.25) is 0 Å². The average Bonchev–Trinajstić information content (AvgIpc) is 2.11. The molecule has 1 aromatic carbocycles. The van der Waals surface area contributed by atoms with Crippen LogP contribution in [0.1, 0.15) is 18.0 Å². The second-order valence-corrected chi connectivity index (χ2v) is 3.16. The molecule has 0 unspecified atom stereocenters. The van der Waals surface area contributed by atoms with Crippen LogP contribution in [0.4, 0.5) is 8.78 Å². The second-order valence-electron chi connectivity index (χ2n) is 2.76. The third kappa shape index (κ3) is 2.19. The first-order valence-electron chi connectivity index (χ1n) is 3.83. The van der Waals surface area contributed by atoms with E-state index in [0.29, 0.717) is 0 Å². The molecule has 74 valence electrons. The van der Waals surface area contributed by atoms with Crippen LogP contribution < -0.4 is 5.73 Å². The van der Waals surface area contributed by atoms with E-state index in [4.69, 9.17) is 22.6 Å². The maximum Gasteiger partial charge on any atom is 0.160 e. The molecule has 0 aliphatic carbocycles. The molecule has 0 spiro atoms.